The molecular weight excluding hydrogens is 558 g/mol. The van der Waals surface area contributed by atoms with Gasteiger partial charge in [-0.2, -0.15) is 9.78 Å². The molecule has 0 aliphatic rings. The van der Waals surface area contributed by atoms with Crippen molar-refractivity contribution >= 4 is 55.6 Å². The molecule has 9 heteroatoms. The lowest BCUT2D eigenvalue weighted by atomic mass is 10.2. The van der Waals surface area contributed by atoms with Crippen molar-refractivity contribution in [3.63, 3.8) is 0 Å². The van der Waals surface area contributed by atoms with E-state index < -0.39 is 0 Å². The zero-order valence-corrected chi connectivity index (χ0v) is 22.7. The molecule has 2 aromatic heterocycles. The molecule has 2 heterocycles. The summed E-state index contributed by atoms with van der Waals surface area (Å²) in [6.07, 6.45) is 2.32. The summed E-state index contributed by atoms with van der Waals surface area (Å²) in [6, 6.07) is 18.1. The van der Waals surface area contributed by atoms with Crippen LogP contribution in [-0.2, 0) is 0 Å². The number of para-hydroxylation sites is 1. The largest absolute Gasteiger partial charge is 0.493 e. The van der Waals surface area contributed by atoms with E-state index in [0.29, 0.717) is 44.3 Å². The van der Waals surface area contributed by atoms with Crippen LogP contribution in [0.25, 0.3) is 33.5 Å². The number of benzene rings is 3. The Balaban J connectivity index is 1.64. The van der Waals surface area contributed by atoms with E-state index >= 15 is 0 Å². The summed E-state index contributed by atoms with van der Waals surface area (Å²) in [5.74, 6) is 1.64. The highest BCUT2D eigenvalue weighted by Crippen LogP contribution is 2.37. The highest BCUT2D eigenvalue weighted by molar-refractivity contribution is 9.10. The predicted molar refractivity (Wildman–Crippen MR) is 150 cm³/mol. The molecule has 0 N–H and O–H groups in total. The number of hydrogen-bond donors (Lipinski definition) is 0. The molecule has 0 saturated carbocycles. The van der Waals surface area contributed by atoms with Crippen LogP contribution in [0.5, 0.6) is 11.5 Å². The van der Waals surface area contributed by atoms with Crippen LogP contribution < -0.4 is 15.0 Å². The second-order valence-corrected chi connectivity index (χ2v) is 9.80. The monoisotopic (exact) mass is 579 g/mol. The normalized spacial score (nSPS) is 12.5. The predicted octanol–water partition coefficient (Wildman–Crippen LogP) is 7.29. The minimum Gasteiger partial charge on any atom is -0.493 e. The molecule has 0 bridgehead atoms. The number of rotatable bonds is 7. The van der Waals surface area contributed by atoms with Gasteiger partial charge in [0, 0.05) is 9.86 Å². The maximum atomic E-state index is 13.5. The van der Waals surface area contributed by atoms with Crippen molar-refractivity contribution in [3.05, 3.63) is 86.1 Å². The van der Waals surface area contributed by atoms with Crippen molar-refractivity contribution in [2.24, 2.45) is 5.10 Å². The number of furan rings is 1. The third kappa shape index (κ3) is 4.99. The van der Waals surface area contributed by atoms with E-state index in [9.17, 15) is 4.79 Å². The van der Waals surface area contributed by atoms with Crippen molar-refractivity contribution in [1.29, 1.82) is 0 Å². The van der Waals surface area contributed by atoms with Gasteiger partial charge in [0.2, 0.25) is 5.82 Å². The molecule has 3 aromatic carbocycles. The van der Waals surface area contributed by atoms with Gasteiger partial charge in [0.15, 0.2) is 17.3 Å². The van der Waals surface area contributed by atoms with E-state index in [0.717, 1.165) is 16.3 Å². The molecule has 0 aliphatic heterocycles. The smallest absolute Gasteiger partial charge is 0.282 e. The molecule has 0 spiro atoms. The summed E-state index contributed by atoms with van der Waals surface area (Å²) in [4.78, 5) is 18.2. The highest BCUT2D eigenvalue weighted by atomic mass is 79.9. The molecule has 188 valence electrons. The molecule has 37 heavy (non-hydrogen) atoms. The van der Waals surface area contributed by atoms with Crippen molar-refractivity contribution in [1.82, 2.24) is 9.66 Å². The van der Waals surface area contributed by atoms with Crippen LogP contribution in [-0.4, -0.2) is 29.1 Å². The fraction of sp³-hybridized carbons (Fsp3) is 0.179. The summed E-state index contributed by atoms with van der Waals surface area (Å²) in [5.41, 5.74) is 1.52. The molecule has 5 aromatic rings. The Labute approximate surface area is 226 Å². The van der Waals surface area contributed by atoms with Gasteiger partial charge in [-0.1, -0.05) is 46.6 Å². The first-order valence-corrected chi connectivity index (χ1v) is 12.8. The number of methoxy groups -OCH3 is 1. The standard InChI is InChI=1S/C28H23BrClN3O4/c1-4-16(2)36-26-21(30)11-17(12-24(26)35-3)15-31-33-27(32-22-8-6-5-7-20(22)28(33)34)25-14-18-13-19(29)9-10-23(18)37-25/h5-16H,4H2,1-3H3/t16-/m0/s1. The zero-order valence-electron chi connectivity index (χ0n) is 20.4. The average molecular weight is 581 g/mol. The molecular formula is C28H23BrClN3O4. The van der Waals surface area contributed by atoms with Gasteiger partial charge < -0.3 is 13.9 Å². The number of fused-ring (bicyclic) bond motifs is 2. The first-order chi connectivity index (χ1) is 17.9. The fourth-order valence-corrected chi connectivity index (χ4v) is 4.49. The van der Waals surface area contributed by atoms with Crippen LogP contribution in [0.3, 0.4) is 0 Å². The zero-order chi connectivity index (χ0) is 26.1. The minimum absolute atomic E-state index is 0.0276. The van der Waals surface area contributed by atoms with Gasteiger partial charge in [-0.05, 0) is 67.4 Å². The van der Waals surface area contributed by atoms with Gasteiger partial charge in [-0.25, -0.2) is 4.98 Å². The van der Waals surface area contributed by atoms with E-state index in [1.54, 1.807) is 37.4 Å². The van der Waals surface area contributed by atoms with Gasteiger partial charge in [-0.15, -0.1) is 0 Å². The molecule has 5 rings (SSSR count). The quantitative estimate of drug-likeness (QED) is 0.189. The Hall–Kier alpha value is -3.62. The minimum atomic E-state index is -0.326. The number of aromatic nitrogens is 2. The lowest BCUT2D eigenvalue weighted by Crippen LogP contribution is -2.20. The Bertz CT molecular complexity index is 1710. The van der Waals surface area contributed by atoms with E-state index in [2.05, 4.69) is 21.0 Å². The number of ether oxygens (including phenoxy) is 2. The van der Waals surface area contributed by atoms with Crippen molar-refractivity contribution in [2.45, 2.75) is 26.4 Å². The Morgan fingerprint density at radius 3 is 2.78 bits per heavy atom. The highest BCUT2D eigenvalue weighted by Gasteiger charge is 2.18. The molecule has 0 aliphatic carbocycles. The van der Waals surface area contributed by atoms with Crippen LogP contribution in [0.1, 0.15) is 25.8 Å². The van der Waals surface area contributed by atoms with Crippen molar-refractivity contribution < 1.29 is 13.9 Å². The molecule has 0 fully saturated rings. The summed E-state index contributed by atoms with van der Waals surface area (Å²) in [7, 11) is 1.55. The first kappa shape index (κ1) is 25.0. The Morgan fingerprint density at radius 2 is 2.00 bits per heavy atom. The third-order valence-electron chi connectivity index (χ3n) is 5.92. The van der Waals surface area contributed by atoms with E-state index in [-0.39, 0.29) is 17.5 Å². The molecule has 0 unspecified atom stereocenters. The SMILES string of the molecule is CC[C@H](C)Oc1c(Cl)cc(C=Nn2c(-c3cc4cc(Br)ccc4o3)nc3ccccc3c2=O)cc1OC. The van der Waals surface area contributed by atoms with E-state index in [1.807, 2.05) is 44.2 Å². The summed E-state index contributed by atoms with van der Waals surface area (Å²) < 4.78 is 19.6. The van der Waals surface area contributed by atoms with Crippen molar-refractivity contribution in [3.8, 4) is 23.1 Å². The number of halogens is 2. The second-order valence-electron chi connectivity index (χ2n) is 8.48. The van der Waals surface area contributed by atoms with Crippen molar-refractivity contribution in [2.75, 3.05) is 7.11 Å². The molecule has 0 saturated heterocycles. The van der Waals surface area contributed by atoms with Gasteiger partial charge in [0.05, 0.1) is 35.4 Å². The average Bonchev–Trinajstić information content (AvgIpc) is 3.32. The lowest BCUT2D eigenvalue weighted by Gasteiger charge is -2.17. The summed E-state index contributed by atoms with van der Waals surface area (Å²) in [5, 5.41) is 6.20. The van der Waals surface area contributed by atoms with Crippen LogP contribution >= 0.6 is 27.5 Å². The van der Waals surface area contributed by atoms with Crippen LogP contribution in [0.15, 0.2) is 79.4 Å². The van der Waals surface area contributed by atoms with Crippen LogP contribution in [0, 0.1) is 0 Å². The van der Waals surface area contributed by atoms with E-state index in [1.165, 1.54) is 10.9 Å². The van der Waals surface area contributed by atoms with Gasteiger partial charge in [0.1, 0.15) is 5.58 Å². The fourth-order valence-electron chi connectivity index (χ4n) is 3.85. The number of nitrogens with zero attached hydrogens (tertiary/aromatic N) is 3. The second kappa shape index (κ2) is 10.4. The molecule has 7 nitrogen and oxygen atoms in total. The van der Waals surface area contributed by atoms with Crippen LogP contribution in [0.2, 0.25) is 5.02 Å². The van der Waals surface area contributed by atoms with Crippen LogP contribution in [0.4, 0.5) is 0 Å². The van der Waals surface area contributed by atoms with Gasteiger partial charge in [-0.3, -0.25) is 4.79 Å². The maximum Gasteiger partial charge on any atom is 0.282 e. The summed E-state index contributed by atoms with van der Waals surface area (Å²) >= 11 is 10.0. The third-order valence-corrected chi connectivity index (χ3v) is 6.69. The van der Waals surface area contributed by atoms with E-state index in [4.69, 9.17) is 30.5 Å². The Kier molecular flexibility index (Phi) is 7.04. The molecule has 0 radical (unpaired) electrons. The van der Waals surface area contributed by atoms with Gasteiger partial charge in [0.25, 0.3) is 5.56 Å². The van der Waals surface area contributed by atoms with Gasteiger partial charge >= 0.3 is 0 Å². The Morgan fingerprint density at radius 1 is 1.19 bits per heavy atom. The topological polar surface area (TPSA) is 78.9 Å². The first-order valence-electron chi connectivity index (χ1n) is 11.7. The maximum absolute atomic E-state index is 13.5. The number of hydrogen-bond acceptors (Lipinski definition) is 6. The molecule has 1 atom stereocenters. The molecule has 0 amide bonds. The summed E-state index contributed by atoms with van der Waals surface area (Å²) in [6.45, 7) is 3.99. The lowest BCUT2D eigenvalue weighted by molar-refractivity contribution is 0.208.